The van der Waals surface area contributed by atoms with Crippen LogP contribution in [0.3, 0.4) is 0 Å². The lowest BCUT2D eigenvalue weighted by molar-refractivity contribution is 0.632. The molecule has 0 aliphatic heterocycles. The summed E-state index contributed by atoms with van der Waals surface area (Å²) in [7, 11) is 0. The van der Waals surface area contributed by atoms with E-state index < -0.39 is 0 Å². The van der Waals surface area contributed by atoms with Crippen LogP contribution >= 0.6 is 0 Å². The summed E-state index contributed by atoms with van der Waals surface area (Å²) in [4.78, 5) is 4.65. The molecular formula is C141H93N3O3. The van der Waals surface area contributed by atoms with Gasteiger partial charge in [0.05, 0.1) is 11.0 Å². The van der Waals surface area contributed by atoms with Gasteiger partial charge in [0.2, 0.25) is 0 Å². The fourth-order valence-corrected chi connectivity index (χ4v) is 23.7. The Bertz CT molecular complexity index is 9550. The first-order valence-corrected chi connectivity index (χ1v) is 50.6. The Morgan fingerprint density at radius 2 is 0.415 bits per heavy atom. The number of hydrogen-bond donors (Lipinski definition) is 0. The van der Waals surface area contributed by atoms with Crippen LogP contribution in [-0.4, -0.2) is 4.57 Å². The molecule has 0 amide bonds. The van der Waals surface area contributed by atoms with Crippen molar-refractivity contribution < 1.29 is 13.3 Å². The summed E-state index contributed by atoms with van der Waals surface area (Å²) in [6.45, 7) is 4.68. The first kappa shape index (κ1) is 85.8. The van der Waals surface area contributed by atoms with Crippen LogP contribution in [0.25, 0.3) is 239 Å². The molecular weight excluding hydrogens is 1780 g/mol. The second-order valence-corrected chi connectivity index (χ2v) is 39.0. The molecule has 0 bridgehead atoms. The SMILES string of the molecule is CC1(C)c2ccccc2-c2ccc(N(c3ccccc3)c3ccc(-c4ccc(-c5oc6cccc7c6c5-c5ccccc5-c5ccccc5-7)cc4)cc3)cc21.c1ccc(N(c2ccccc2)c2ccc(-c3ccc(-c4oc5cccc6c5c4-c4ccccc4-c4ccccc4-6)cc3)cc2)cc1.c1ccc2c(c1)-c1ccccc1-c1c(-c3ccc(-c4ccc(-n5c6ccccc6c6ccccc65)cc4)cc3)oc3cccc-2c13. The monoisotopic (exact) mass is 1880 g/mol. The summed E-state index contributed by atoms with van der Waals surface area (Å²) in [5.41, 5.74) is 50.6. The van der Waals surface area contributed by atoms with Crippen molar-refractivity contribution >= 4 is 88.8 Å². The lowest BCUT2D eigenvalue weighted by Crippen LogP contribution is -2.16. The molecule has 6 nitrogen and oxygen atoms in total. The first-order chi connectivity index (χ1) is 72.7. The van der Waals surface area contributed by atoms with Crippen LogP contribution in [-0.2, 0) is 5.41 Å². The molecule has 4 aliphatic rings. The second-order valence-electron chi connectivity index (χ2n) is 39.0. The normalized spacial score (nSPS) is 12.2. The number of rotatable bonds is 13. The Hall–Kier alpha value is -19.1. The predicted molar refractivity (Wildman–Crippen MR) is 612 cm³/mol. The number of aromatic nitrogens is 1. The smallest absolute Gasteiger partial charge is 0.143 e. The average molecular weight is 1880 g/mol. The lowest BCUT2D eigenvalue weighted by atomic mass is 9.82. The van der Waals surface area contributed by atoms with Crippen molar-refractivity contribution in [2.75, 3.05) is 9.80 Å². The number of benzene rings is 22. The van der Waals surface area contributed by atoms with Crippen molar-refractivity contribution in [3.63, 3.8) is 0 Å². The zero-order valence-corrected chi connectivity index (χ0v) is 80.8. The van der Waals surface area contributed by atoms with E-state index in [0.717, 1.165) is 113 Å². The molecule has 0 spiro atoms. The van der Waals surface area contributed by atoms with Crippen molar-refractivity contribution in [1.82, 2.24) is 4.57 Å². The summed E-state index contributed by atoms with van der Waals surface area (Å²) >= 11 is 0. The van der Waals surface area contributed by atoms with Gasteiger partial charge < -0.3 is 27.6 Å². The predicted octanol–water partition coefficient (Wildman–Crippen LogP) is 39.6. The van der Waals surface area contributed by atoms with E-state index >= 15 is 0 Å². The van der Waals surface area contributed by atoms with Crippen LogP contribution in [0.15, 0.2) is 541 Å². The zero-order valence-electron chi connectivity index (χ0n) is 80.8. The Labute approximate surface area is 852 Å². The molecule has 4 heterocycles. The third-order valence-electron chi connectivity index (χ3n) is 30.5. The highest BCUT2D eigenvalue weighted by Gasteiger charge is 2.38. The van der Waals surface area contributed by atoms with E-state index in [4.69, 9.17) is 13.3 Å². The average Bonchev–Trinajstić information content (AvgIpc) is 1.57. The fourth-order valence-electron chi connectivity index (χ4n) is 23.7. The molecule has 4 aromatic heterocycles. The molecule has 0 radical (unpaired) electrons. The highest BCUT2D eigenvalue weighted by molar-refractivity contribution is 6.20. The lowest BCUT2D eigenvalue weighted by Gasteiger charge is -2.28. The minimum absolute atomic E-state index is 0.0731. The minimum atomic E-state index is -0.0731. The Kier molecular flexibility index (Phi) is 20.6. The molecule has 0 fully saturated rings. The van der Waals surface area contributed by atoms with Crippen LogP contribution in [0, 0.1) is 0 Å². The van der Waals surface area contributed by atoms with Crippen molar-refractivity contribution in [3.8, 4) is 184 Å². The maximum Gasteiger partial charge on any atom is 0.143 e. The van der Waals surface area contributed by atoms with E-state index in [-0.39, 0.29) is 5.41 Å². The Morgan fingerprint density at radius 1 is 0.177 bits per heavy atom. The molecule has 26 aromatic rings. The van der Waals surface area contributed by atoms with Crippen LogP contribution in [0.1, 0.15) is 25.0 Å². The number of nitrogens with zero attached hydrogens (tertiary/aromatic N) is 3. The van der Waals surface area contributed by atoms with E-state index in [2.05, 4.69) is 556 Å². The zero-order chi connectivity index (χ0) is 97.3. The number of hydrogen-bond acceptors (Lipinski definition) is 5. The largest absolute Gasteiger partial charge is 0.455 e. The van der Waals surface area contributed by atoms with Gasteiger partial charge in [-0.15, -0.1) is 0 Å². The van der Waals surface area contributed by atoms with Crippen LogP contribution in [0.4, 0.5) is 34.1 Å². The quantitative estimate of drug-likeness (QED) is 0.115. The number of anilines is 6. The van der Waals surface area contributed by atoms with Crippen LogP contribution in [0.5, 0.6) is 0 Å². The van der Waals surface area contributed by atoms with E-state index in [1.54, 1.807) is 0 Å². The maximum absolute atomic E-state index is 6.75. The third-order valence-corrected chi connectivity index (χ3v) is 30.5. The van der Waals surface area contributed by atoms with E-state index in [1.165, 1.54) is 171 Å². The molecule has 0 atom stereocenters. The van der Waals surface area contributed by atoms with E-state index in [1.807, 2.05) is 0 Å². The summed E-state index contributed by atoms with van der Waals surface area (Å²) in [5.74, 6) is 2.73. The van der Waals surface area contributed by atoms with Gasteiger partial charge in [-0.25, -0.2) is 0 Å². The van der Waals surface area contributed by atoms with Crippen molar-refractivity contribution in [2.24, 2.45) is 0 Å². The summed E-state index contributed by atoms with van der Waals surface area (Å²) in [6.07, 6.45) is 0. The van der Waals surface area contributed by atoms with Crippen molar-refractivity contribution in [1.29, 1.82) is 0 Å². The number of furan rings is 3. The minimum Gasteiger partial charge on any atom is -0.455 e. The number of fused-ring (bicyclic) bond motifs is 21. The molecule has 30 rings (SSSR count). The summed E-state index contributed by atoms with van der Waals surface area (Å²) < 4.78 is 22.5. The fraction of sp³-hybridized carbons (Fsp3) is 0.0213. The second kappa shape index (κ2) is 35.2. The van der Waals surface area contributed by atoms with Crippen LogP contribution < -0.4 is 9.80 Å². The molecule has 690 valence electrons. The maximum atomic E-state index is 6.75. The molecule has 6 heteroatoms. The van der Waals surface area contributed by atoms with Crippen molar-refractivity contribution in [3.05, 3.63) is 539 Å². The first-order valence-electron chi connectivity index (χ1n) is 50.6. The Morgan fingerprint density at radius 3 is 0.762 bits per heavy atom. The summed E-state index contributed by atoms with van der Waals surface area (Å²) in [5, 5.41) is 6.08. The molecule has 0 saturated heterocycles. The third kappa shape index (κ3) is 14.4. The van der Waals surface area contributed by atoms with Crippen LogP contribution in [0.2, 0.25) is 0 Å². The molecule has 4 aliphatic carbocycles. The van der Waals surface area contributed by atoms with Gasteiger partial charge in [-0.3, -0.25) is 0 Å². The standard InChI is InChI=1S/C53H37NO.C44H27NO.C44H29NO/c1-53(2)47-21-11-10-18-43(47)44-32-31-39(33-48(44)53)54(37-13-4-3-5-14-37)38-29-27-35(28-30-38)34-23-25-36(26-24-34)52-51-46-19-9-8-17-42(46)40-15-6-7-16-41(40)45-20-12-22-49(55-52)50(45)51;1-2-11-33-32(10-1)34-12-3-4-15-38(34)43-42-37(33)16-9-19-41(42)46-44(43)30-22-20-28(21-23-30)29-24-26-31(27-25-29)45-39-17-7-5-13-35(39)36-14-6-8-18-40(36)45;1-3-12-33(13-4-1)45(34-14-5-2-6-15-34)35-28-26-31(27-29-35)30-22-24-32(25-23-30)44-43-40-19-10-9-18-38(40)36-16-7-8-17-37(36)39-20-11-21-41(46-44)42(39)43/h3-33H,1-2H3;1-27H;1-29H. The highest BCUT2D eigenvalue weighted by atomic mass is 16.3. The molecule has 0 unspecified atom stereocenters. The molecule has 22 aromatic carbocycles. The van der Waals surface area contributed by atoms with Crippen molar-refractivity contribution in [2.45, 2.75) is 19.3 Å². The van der Waals surface area contributed by atoms with Gasteiger partial charge >= 0.3 is 0 Å². The van der Waals surface area contributed by atoms with Gasteiger partial charge in [-0.1, -0.05) is 426 Å². The van der Waals surface area contributed by atoms with Gasteiger partial charge in [-0.05, 0) is 254 Å². The molecule has 0 saturated carbocycles. The molecule has 147 heavy (non-hydrogen) atoms. The van der Waals surface area contributed by atoms with E-state index in [9.17, 15) is 0 Å². The highest BCUT2D eigenvalue weighted by Crippen LogP contribution is 2.59. The van der Waals surface area contributed by atoms with Gasteiger partial charge in [0.25, 0.3) is 0 Å². The van der Waals surface area contributed by atoms with Gasteiger partial charge in [0.1, 0.15) is 34.0 Å². The van der Waals surface area contributed by atoms with Gasteiger partial charge in [0.15, 0.2) is 0 Å². The van der Waals surface area contributed by atoms with E-state index in [0.29, 0.717) is 0 Å². The van der Waals surface area contributed by atoms with Gasteiger partial charge in [-0.2, -0.15) is 0 Å². The molecule has 0 N–H and O–H groups in total. The van der Waals surface area contributed by atoms with Gasteiger partial charge in [0, 0.05) is 106 Å². The summed E-state index contributed by atoms with van der Waals surface area (Å²) in [6, 6.07) is 190. The topological polar surface area (TPSA) is 50.8 Å². The number of para-hydroxylation sites is 5. The Balaban J connectivity index is 0.000000107.